The molecule has 94 valence electrons. The molecule has 4 heteroatoms. The van der Waals surface area contributed by atoms with E-state index in [-0.39, 0.29) is 5.84 Å². The van der Waals surface area contributed by atoms with Crippen LogP contribution in [0.1, 0.15) is 31.2 Å². The lowest BCUT2D eigenvalue weighted by atomic mass is 10.2. The molecule has 0 saturated heterocycles. The maximum Gasteiger partial charge on any atom is 0.0905 e. The number of nitrogens with one attached hydrogen (secondary N) is 1. The van der Waals surface area contributed by atoms with E-state index in [2.05, 4.69) is 22.9 Å². The summed E-state index contributed by atoms with van der Waals surface area (Å²) in [7, 11) is 0. The van der Waals surface area contributed by atoms with Crippen LogP contribution in [-0.2, 0) is 6.54 Å². The first kappa shape index (κ1) is 13.6. The molecule has 0 unspecified atom stereocenters. The Morgan fingerprint density at radius 3 is 2.82 bits per heavy atom. The van der Waals surface area contributed by atoms with Crippen LogP contribution >= 0.6 is 0 Å². The number of hydrogen-bond acceptors (Lipinski definition) is 3. The van der Waals surface area contributed by atoms with Crippen molar-refractivity contribution in [3.05, 3.63) is 29.6 Å². The molecule has 0 aliphatic rings. The zero-order valence-electron chi connectivity index (χ0n) is 10.7. The number of nitrogens with two attached hydrogens (primary N) is 1. The highest BCUT2D eigenvalue weighted by Gasteiger charge is 2.04. The summed E-state index contributed by atoms with van der Waals surface area (Å²) < 4.78 is 0. The van der Waals surface area contributed by atoms with Gasteiger partial charge in [0.2, 0.25) is 0 Å². The van der Waals surface area contributed by atoms with Crippen molar-refractivity contribution in [2.45, 2.75) is 33.2 Å². The summed E-state index contributed by atoms with van der Waals surface area (Å²) in [6.45, 7) is 6.98. The summed E-state index contributed by atoms with van der Waals surface area (Å²) in [5, 5.41) is 7.19. The predicted molar refractivity (Wildman–Crippen MR) is 71.1 cm³/mol. The maximum absolute atomic E-state index is 7.19. The second kappa shape index (κ2) is 7.01. The van der Waals surface area contributed by atoms with Crippen molar-refractivity contribution in [2.24, 2.45) is 5.73 Å². The summed E-state index contributed by atoms with van der Waals surface area (Å²) in [4.78, 5) is 6.82. The molecule has 0 amide bonds. The van der Waals surface area contributed by atoms with Gasteiger partial charge in [0.05, 0.1) is 11.5 Å². The van der Waals surface area contributed by atoms with Crippen LogP contribution in [0.25, 0.3) is 0 Å². The third-order valence-corrected chi connectivity index (χ3v) is 2.70. The number of aryl methyl sites for hydroxylation is 1. The first-order valence-corrected chi connectivity index (χ1v) is 6.09. The van der Waals surface area contributed by atoms with Crippen LogP contribution in [0.5, 0.6) is 0 Å². The smallest absolute Gasteiger partial charge is 0.0905 e. The Bertz CT molecular complexity index is 362. The van der Waals surface area contributed by atoms with E-state index >= 15 is 0 Å². The Morgan fingerprint density at radius 1 is 1.47 bits per heavy atom. The van der Waals surface area contributed by atoms with Crippen LogP contribution in [0, 0.1) is 12.3 Å². The summed E-state index contributed by atoms with van der Waals surface area (Å²) in [5.74, 6) is 0.273. The predicted octanol–water partition coefficient (Wildman–Crippen LogP) is 1.93. The molecule has 17 heavy (non-hydrogen) atoms. The van der Waals surface area contributed by atoms with Gasteiger partial charge in [-0.15, -0.1) is 0 Å². The Balaban J connectivity index is 2.43. The van der Waals surface area contributed by atoms with Crippen LogP contribution in [0.4, 0.5) is 0 Å². The molecule has 1 aromatic heterocycles. The quantitative estimate of drug-likeness (QED) is 0.559. The van der Waals surface area contributed by atoms with Crippen molar-refractivity contribution >= 4 is 5.84 Å². The van der Waals surface area contributed by atoms with E-state index in [0.29, 0.717) is 6.42 Å². The average molecular weight is 234 g/mol. The number of amidine groups is 1. The lowest BCUT2D eigenvalue weighted by molar-refractivity contribution is 0.274. The highest BCUT2D eigenvalue weighted by atomic mass is 15.1. The van der Waals surface area contributed by atoms with E-state index in [0.717, 1.165) is 37.4 Å². The van der Waals surface area contributed by atoms with Gasteiger partial charge in [-0.1, -0.05) is 13.0 Å². The van der Waals surface area contributed by atoms with E-state index in [1.54, 1.807) is 0 Å². The Hall–Kier alpha value is -1.42. The van der Waals surface area contributed by atoms with Gasteiger partial charge in [0.1, 0.15) is 0 Å². The molecule has 0 spiro atoms. The summed E-state index contributed by atoms with van der Waals surface area (Å²) in [6, 6.07) is 6.11. The van der Waals surface area contributed by atoms with Crippen molar-refractivity contribution in [1.82, 2.24) is 9.88 Å². The molecule has 1 aromatic rings. The second-order valence-corrected chi connectivity index (χ2v) is 4.27. The minimum atomic E-state index is 0.273. The van der Waals surface area contributed by atoms with Gasteiger partial charge in [0.15, 0.2) is 0 Å². The van der Waals surface area contributed by atoms with Crippen molar-refractivity contribution in [1.29, 1.82) is 5.41 Å². The lowest BCUT2D eigenvalue weighted by Crippen LogP contribution is -2.25. The van der Waals surface area contributed by atoms with Gasteiger partial charge in [-0.25, -0.2) is 0 Å². The molecule has 0 aliphatic heterocycles. The molecule has 4 nitrogen and oxygen atoms in total. The minimum Gasteiger partial charge on any atom is -0.388 e. The van der Waals surface area contributed by atoms with Crippen molar-refractivity contribution in [3.63, 3.8) is 0 Å². The number of nitrogens with zero attached hydrogens (tertiary/aromatic N) is 2. The van der Waals surface area contributed by atoms with Crippen LogP contribution in [0.15, 0.2) is 18.2 Å². The Labute approximate surface area is 103 Å². The highest BCUT2D eigenvalue weighted by molar-refractivity contribution is 5.76. The molecule has 0 aromatic carbocycles. The van der Waals surface area contributed by atoms with Gasteiger partial charge < -0.3 is 5.73 Å². The topological polar surface area (TPSA) is 66.0 Å². The van der Waals surface area contributed by atoms with Crippen LogP contribution in [0.3, 0.4) is 0 Å². The van der Waals surface area contributed by atoms with Gasteiger partial charge in [-0.3, -0.25) is 15.3 Å². The number of hydrogen-bond donors (Lipinski definition) is 2. The molecule has 0 saturated carbocycles. The fourth-order valence-corrected chi connectivity index (χ4v) is 1.76. The monoisotopic (exact) mass is 234 g/mol. The zero-order valence-corrected chi connectivity index (χ0v) is 10.7. The fraction of sp³-hybridized carbons (Fsp3) is 0.538. The first-order valence-electron chi connectivity index (χ1n) is 6.09. The van der Waals surface area contributed by atoms with Gasteiger partial charge in [0.25, 0.3) is 0 Å². The standard InChI is InChI=1S/C13H22N4/c1-3-17(9-5-8-13(14)15)10-12-7-4-6-11(2)16-12/h4,6-7H,3,5,8-10H2,1-2H3,(H3,14,15). The summed E-state index contributed by atoms with van der Waals surface area (Å²) in [5.41, 5.74) is 7.51. The molecular weight excluding hydrogens is 212 g/mol. The first-order chi connectivity index (χ1) is 8.11. The van der Waals surface area contributed by atoms with Crippen molar-refractivity contribution in [2.75, 3.05) is 13.1 Å². The van der Waals surface area contributed by atoms with E-state index in [4.69, 9.17) is 11.1 Å². The third kappa shape index (κ3) is 5.45. The van der Waals surface area contributed by atoms with Gasteiger partial charge >= 0.3 is 0 Å². The number of pyridine rings is 1. The maximum atomic E-state index is 7.19. The normalized spacial score (nSPS) is 10.8. The minimum absolute atomic E-state index is 0.273. The molecular formula is C13H22N4. The van der Waals surface area contributed by atoms with Gasteiger partial charge in [-0.05, 0) is 38.6 Å². The largest absolute Gasteiger partial charge is 0.388 e. The SMILES string of the molecule is CCN(CCCC(=N)N)Cc1cccc(C)n1. The lowest BCUT2D eigenvalue weighted by Gasteiger charge is -2.19. The molecule has 0 fully saturated rings. The average Bonchev–Trinajstić information content (AvgIpc) is 2.27. The molecule has 3 N–H and O–H groups in total. The number of rotatable bonds is 7. The highest BCUT2D eigenvalue weighted by Crippen LogP contribution is 2.04. The van der Waals surface area contributed by atoms with Crippen LogP contribution in [0.2, 0.25) is 0 Å². The van der Waals surface area contributed by atoms with Gasteiger partial charge in [0, 0.05) is 18.7 Å². The molecule has 0 atom stereocenters. The Morgan fingerprint density at radius 2 is 2.24 bits per heavy atom. The van der Waals surface area contributed by atoms with E-state index in [1.165, 1.54) is 0 Å². The third-order valence-electron chi connectivity index (χ3n) is 2.70. The Kier molecular flexibility index (Phi) is 5.63. The van der Waals surface area contributed by atoms with Crippen molar-refractivity contribution < 1.29 is 0 Å². The second-order valence-electron chi connectivity index (χ2n) is 4.27. The van der Waals surface area contributed by atoms with E-state index < -0.39 is 0 Å². The van der Waals surface area contributed by atoms with E-state index in [9.17, 15) is 0 Å². The molecule has 0 bridgehead atoms. The summed E-state index contributed by atoms with van der Waals surface area (Å²) in [6.07, 6.45) is 1.62. The molecule has 0 radical (unpaired) electrons. The summed E-state index contributed by atoms with van der Waals surface area (Å²) >= 11 is 0. The fourth-order valence-electron chi connectivity index (χ4n) is 1.76. The van der Waals surface area contributed by atoms with Gasteiger partial charge in [-0.2, -0.15) is 0 Å². The molecule has 1 rings (SSSR count). The van der Waals surface area contributed by atoms with Crippen molar-refractivity contribution in [3.8, 4) is 0 Å². The molecule has 1 heterocycles. The van der Waals surface area contributed by atoms with Crippen LogP contribution in [-0.4, -0.2) is 28.8 Å². The van der Waals surface area contributed by atoms with E-state index in [1.807, 2.05) is 19.1 Å². The molecule has 0 aliphatic carbocycles. The zero-order chi connectivity index (χ0) is 12.7. The number of aromatic nitrogens is 1. The van der Waals surface area contributed by atoms with Crippen LogP contribution < -0.4 is 5.73 Å².